The number of ether oxygens (including phenoxy) is 3. The summed E-state index contributed by atoms with van der Waals surface area (Å²) >= 11 is 0. The molecule has 0 aromatic heterocycles. The quantitative estimate of drug-likeness (QED) is 0.841. The second-order valence-corrected chi connectivity index (χ2v) is 6.01. The van der Waals surface area contributed by atoms with Crippen molar-refractivity contribution < 1.29 is 24.1 Å². The lowest BCUT2D eigenvalue weighted by atomic mass is 10.1. The molecule has 1 heterocycles. The molecule has 0 fully saturated rings. The molecular formula is C19H21NO5. The zero-order valence-corrected chi connectivity index (χ0v) is 14.2. The van der Waals surface area contributed by atoms with Crippen LogP contribution in [0, 0.1) is 13.8 Å². The van der Waals surface area contributed by atoms with Crippen LogP contribution in [0.2, 0.25) is 0 Å². The largest absolute Gasteiger partial charge is 0.491 e. The molecule has 6 heteroatoms. The lowest BCUT2D eigenvalue weighted by molar-refractivity contribution is 0.0843. The first-order valence-corrected chi connectivity index (χ1v) is 8.09. The monoisotopic (exact) mass is 343 g/mol. The van der Waals surface area contributed by atoms with Crippen molar-refractivity contribution in [2.45, 2.75) is 20.0 Å². The van der Waals surface area contributed by atoms with Gasteiger partial charge in [0.1, 0.15) is 18.5 Å². The molecule has 2 aromatic rings. The summed E-state index contributed by atoms with van der Waals surface area (Å²) in [5.41, 5.74) is 2.62. The number of carbonyl (C=O) groups excluding carboxylic acids is 1. The minimum absolute atomic E-state index is 0.0623. The minimum atomic E-state index is -0.819. The van der Waals surface area contributed by atoms with E-state index in [1.165, 1.54) is 0 Å². The van der Waals surface area contributed by atoms with Gasteiger partial charge in [0, 0.05) is 18.2 Å². The van der Waals surface area contributed by atoms with Gasteiger partial charge in [-0.25, -0.2) is 0 Å². The Morgan fingerprint density at radius 3 is 2.80 bits per heavy atom. The fourth-order valence-corrected chi connectivity index (χ4v) is 2.59. The summed E-state index contributed by atoms with van der Waals surface area (Å²) in [4.78, 5) is 12.2. The summed E-state index contributed by atoms with van der Waals surface area (Å²) in [6.45, 7) is 4.24. The summed E-state index contributed by atoms with van der Waals surface area (Å²) in [5, 5.41) is 12.7. The van der Waals surface area contributed by atoms with Gasteiger partial charge < -0.3 is 24.6 Å². The standard InChI is InChI=1S/C19H21NO5/c1-12-3-5-16(13(2)7-12)19(22)20-9-14(21)10-23-15-4-6-17-18(8-15)25-11-24-17/h3-8,14,21H,9-11H2,1-2H3,(H,20,22)/t14-/m0/s1. The van der Waals surface area contributed by atoms with Gasteiger partial charge in [-0.2, -0.15) is 0 Å². The van der Waals surface area contributed by atoms with Crippen molar-refractivity contribution in [3.8, 4) is 17.2 Å². The second-order valence-electron chi connectivity index (χ2n) is 6.01. The molecule has 0 aliphatic carbocycles. The van der Waals surface area contributed by atoms with E-state index in [2.05, 4.69) is 5.32 Å². The Bertz CT molecular complexity index is 774. The maximum absolute atomic E-state index is 12.2. The molecule has 0 saturated heterocycles. The topological polar surface area (TPSA) is 77.0 Å². The van der Waals surface area contributed by atoms with E-state index >= 15 is 0 Å². The van der Waals surface area contributed by atoms with Crippen molar-refractivity contribution in [2.24, 2.45) is 0 Å². The molecule has 2 aromatic carbocycles. The number of fused-ring (bicyclic) bond motifs is 1. The van der Waals surface area contributed by atoms with Gasteiger partial charge in [0.2, 0.25) is 6.79 Å². The number of nitrogens with one attached hydrogen (secondary N) is 1. The number of aliphatic hydroxyl groups excluding tert-OH is 1. The molecule has 1 aliphatic heterocycles. The van der Waals surface area contributed by atoms with Crippen LogP contribution < -0.4 is 19.5 Å². The molecule has 0 bridgehead atoms. The number of amides is 1. The van der Waals surface area contributed by atoms with Crippen molar-refractivity contribution in [3.63, 3.8) is 0 Å². The van der Waals surface area contributed by atoms with Crippen LogP contribution in [0.25, 0.3) is 0 Å². The van der Waals surface area contributed by atoms with Gasteiger partial charge >= 0.3 is 0 Å². The first-order chi connectivity index (χ1) is 12.0. The molecule has 0 spiro atoms. The van der Waals surface area contributed by atoms with Crippen molar-refractivity contribution in [3.05, 3.63) is 53.1 Å². The Kier molecular flexibility index (Phi) is 5.09. The molecule has 1 amide bonds. The zero-order chi connectivity index (χ0) is 17.8. The van der Waals surface area contributed by atoms with Crippen LogP contribution in [0.15, 0.2) is 36.4 Å². The summed E-state index contributed by atoms with van der Waals surface area (Å²) in [7, 11) is 0. The van der Waals surface area contributed by atoms with E-state index in [1.807, 2.05) is 26.0 Å². The highest BCUT2D eigenvalue weighted by atomic mass is 16.7. The third-order valence-corrected chi connectivity index (χ3v) is 3.91. The van der Waals surface area contributed by atoms with Crippen molar-refractivity contribution in [2.75, 3.05) is 19.9 Å². The normalized spacial score (nSPS) is 13.4. The van der Waals surface area contributed by atoms with Crippen LogP contribution in [0.1, 0.15) is 21.5 Å². The fraction of sp³-hybridized carbons (Fsp3) is 0.316. The Morgan fingerprint density at radius 1 is 1.20 bits per heavy atom. The van der Waals surface area contributed by atoms with Crippen LogP contribution in [-0.2, 0) is 0 Å². The molecule has 0 saturated carbocycles. The van der Waals surface area contributed by atoms with Crippen molar-refractivity contribution in [1.82, 2.24) is 5.32 Å². The Balaban J connectivity index is 1.48. The van der Waals surface area contributed by atoms with Gasteiger partial charge in [-0.3, -0.25) is 4.79 Å². The number of hydrogen-bond acceptors (Lipinski definition) is 5. The lowest BCUT2D eigenvalue weighted by Crippen LogP contribution is -2.35. The highest BCUT2D eigenvalue weighted by Gasteiger charge is 2.15. The van der Waals surface area contributed by atoms with E-state index < -0.39 is 6.10 Å². The second kappa shape index (κ2) is 7.44. The molecule has 25 heavy (non-hydrogen) atoms. The van der Waals surface area contributed by atoms with Crippen LogP contribution in [0.3, 0.4) is 0 Å². The molecule has 132 valence electrons. The number of carbonyl (C=O) groups is 1. The minimum Gasteiger partial charge on any atom is -0.491 e. The molecular weight excluding hydrogens is 322 g/mol. The Labute approximate surface area is 146 Å². The van der Waals surface area contributed by atoms with E-state index in [-0.39, 0.29) is 25.9 Å². The third kappa shape index (κ3) is 4.22. The maximum atomic E-state index is 12.2. The summed E-state index contributed by atoms with van der Waals surface area (Å²) in [6.07, 6.45) is -0.819. The van der Waals surface area contributed by atoms with Crippen LogP contribution in [-0.4, -0.2) is 37.1 Å². The smallest absolute Gasteiger partial charge is 0.251 e. The van der Waals surface area contributed by atoms with Gasteiger partial charge in [-0.05, 0) is 37.6 Å². The highest BCUT2D eigenvalue weighted by molar-refractivity contribution is 5.95. The van der Waals surface area contributed by atoms with Gasteiger partial charge in [0.05, 0.1) is 0 Å². The zero-order valence-electron chi connectivity index (χ0n) is 14.2. The van der Waals surface area contributed by atoms with Crippen molar-refractivity contribution in [1.29, 1.82) is 0 Å². The number of aryl methyl sites for hydroxylation is 2. The van der Waals surface area contributed by atoms with Gasteiger partial charge in [-0.1, -0.05) is 17.7 Å². The van der Waals surface area contributed by atoms with E-state index in [4.69, 9.17) is 14.2 Å². The van der Waals surface area contributed by atoms with E-state index in [0.29, 0.717) is 22.8 Å². The number of aliphatic hydroxyl groups is 1. The highest BCUT2D eigenvalue weighted by Crippen LogP contribution is 2.35. The van der Waals surface area contributed by atoms with Crippen LogP contribution in [0.5, 0.6) is 17.2 Å². The van der Waals surface area contributed by atoms with E-state index in [9.17, 15) is 9.90 Å². The van der Waals surface area contributed by atoms with Gasteiger partial charge in [0.25, 0.3) is 5.91 Å². The predicted octanol–water partition coefficient (Wildman–Crippen LogP) is 2.20. The van der Waals surface area contributed by atoms with Gasteiger partial charge in [0.15, 0.2) is 11.5 Å². The molecule has 3 rings (SSSR count). The van der Waals surface area contributed by atoms with Gasteiger partial charge in [-0.15, -0.1) is 0 Å². The average Bonchev–Trinajstić information content (AvgIpc) is 3.05. The lowest BCUT2D eigenvalue weighted by Gasteiger charge is -2.14. The predicted molar refractivity (Wildman–Crippen MR) is 92.3 cm³/mol. The van der Waals surface area contributed by atoms with Crippen molar-refractivity contribution >= 4 is 5.91 Å². The number of benzene rings is 2. The van der Waals surface area contributed by atoms with E-state index in [1.54, 1.807) is 24.3 Å². The summed E-state index contributed by atoms with van der Waals surface area (Å²) < 4.78 is 16.0. The molecule has 1 atom stereocenters. The molecule has 6 nitrogen and oxygen atoms in total. The van der Waals surface area contributed by atoms with Crippen LogP contribution in [0.4, 0.5) is 0 Å². The maximum Gasteiger partial charge on any atom is 0.251 e. The van der Waals surface area contributed by atoms with E-state index in [0.717, 1.165) is 11.1 Å². The summed E-state index contributed by atoms with van der Waals surface area (Å²) in [5.74, 6) is 1.66. The Morgan fingerprint density at radius 2 is 2.00 bits per heavy atom. The first kappa shape index (κ1) is 17.1. The third-order valence-electron chi connectivity index (χ3n) is 3.91. The first-order valence-electron chi connectivity index (χ1n) is 8.09. The molecule has 1 aliphatic rings. The molecule has 0 unspecified atom stereocenters. The Hall–Kier alpha value is -2.73. The van der Waals surface area contributed by atoms with Crippen LogP contribution >= 0.6 is 0 Å². The summed E-state index contributed by atoms with van der Waals surface area (Å²) in [6, 6.07) is 10.8. The fourth-order valence-electron chi connectivity index (χ4n) is 2.59. The average molecular weight is 343 g/mol. The SMILES string of the molecule is Cc1ccc(C(=O)NC[C@H](O)COc2ccc3c(c2)OCO3)c(C)c1. The number of rotatable bonds is 6. The molecule has 2 N–H and O–H groups in total. The molecule has 0 radical (unpaired) electrons. The number of hydrogen-bond donors (Lipinski definition) is 2.